The van der Waals surface area contributed by atoms with E-state index in [0.717, 1.165) is 16.9 Å². The number of aryl methyl sites for hydroxylation is 1. The zero-order valence-electron chi connectivity index (χ0n) is 15.5. The summed E-state index contributed by atoms with van der Waals surface area (Å²) >= 11 is 5.97. The number of halogens is 1. The molecular weight excluding hydrogens is 350 g/mol. The van der Waals surface area contributed by atoms with Gasteiger partial charge in [-0.3, -0.25) is 4.79 Å². The summed E-state index contributed by atoms with van der Waals surface area (Å²) in [4.78, 5) is 12.7. The van der Waals surface area contributed by atoms with E-state index in [1.54, 1.807) is 31.2 Å². The first-order chi connectivity index (χ1) is 12.2. The Morgan fingerprint density at radius 2 is 2.08 bits per heavy atom. The van der Waals surface area contributed by atoms with E-state index < -0.39 is 6.10 Å². The van der Waals surface area contributed by atoms with Crippen LogP contribution in [0.4, 0.5) is 0 Å². The topological polar surface area (TPSA) is 47.6 Å². The number of nitrogens with one attached hydrogen (secondary N) is 1. The van der Waals surface area contributed by atoms with Crippen LogP contribution in [-0.4, -0.2) is 17.6 Å². The summed E-state index contributed by atoms with van der Waals surface area (Å²) < 4.78 is 11.8. The molecule has 0 aromatic heterocycles. The standard InChI is InChI=1S/C21H24ClNO3/c1-13-8-9-19-17(10-13)18(12-21(3,4)26-19)23-20(24)14(2)25-16-7-5-6-15(22)11-16/h5-11,14,18H,12H2,1-4H3,(H,23,24). The molecule has 0 saturated carbocycles. The van der Waals surface area contributed by atoms with Gasteiger partial charge in [-0.15, -0.1) is 0 Å². The monoisotopic (exact) mass is 373 g/mol. The molecule has 2 atom stereocenters. The van der Waals surface area contributed by atoms with Crippen LogP contribution in [0.5, 0.6) is 11.5 Å². The van der Waals surface area contributed by atoms with E-state index in [0.29, 0.717) is 17.2 Å². The first-order valence-electron chi connectivity index (χ1n) is 8.76. The van der Waals surface area contributed by atoms with Crippen molar-refractivity contribution in [2.75, 3.05) is 0 Å². The summed E-state index contributed by atoms with van der Waals surface area (Å²) in [5.41, 5.74) is 1.79. The lowest BCUT2D eigenvalue weighted by atomic mass is 9.89. The van der Waals surface area contributed by atoms with Crippen LogP contribution in [0.3, 0.4) is 0 Å². The maximum Gasteiger partial charge on any atom is 0.261 e. The number of benzene rings is 2. The molecule has 1 heterocycles. The first-order valence-corrected chi connectivity index (χ1v) is 9.13. The van der Waals surface area contributed by atoms with Gasteiger partial charge in [0.1, 0.15) is 17.1 Å². The van der Waals surface area contributed by atoms with E-state index in [2.05, 4.69) is 11.4 Å². The van der Waals surface area contributed by atoms with Crippen LogP contribution in [0, 0.1) is 6.92 Å². The number of carbonyl (C=O) groups is 1. The third-order valence-corrected chi connectivity index (χ3v) is 4.65. The molecule has 138 valence electrons. The molecule has 2 unspecified atom stereocenters. The van der Waals surface area contributed by atoms with Gasteiger partial charge in [-0.2, -0.15) is 0 Å². The summed E-state index contributed by atoms with van der Waals surface area (Å²) in [5.74, 6) is 1.23. The average Bonchev–Trinajstić information content (AvgIpc) is 2.54. The van der Waals surface area contributed by atoms with Gasteiger partial charge < -0.3 is 14.8 Å². The fourth-order valence-electron chi connectivity index (χ4n) is 3.19. The molecule has 1 amide bonds. The molecule has 0 radical (unpaired) electrons. The van der Waals surface area contributed by atoms with Crippen molar-refractivity contribution in [3.63, 3.8) is 0 Å². The van der Waals surface area contributed by atoms with E-state index in [-0.39, 0.29) is 17.6 Å². The second-order valence-electron chi connectivity index (χ2n) is 7.39. The van der Waals surface area contributed by atoms with E-state index in [1.807, 2.05) is 32.9 Å². The Hall–Kier alpha value is -2.20. The van der Waals surface area contributed by atoms with Gasteiger partial charge in [-0.05, 0) is 52.0 Å². The van der Waals surface area contributed by atoms with Crippen LogP contribution in [0.1, 0.15) is 44.4 Å². The molecule has 1 N–H and O–H groups in total. The van der Waals surface area contributed by atoms with E-state index in [9.17, 15) is 4.79 Å². The van der Waals surface area contributed by atoms with Gasteiger partial charge in [0.25, 0.3) is 5.91 Å². The maximum absolute atomic E-state index is 12.7. The average molecular weight is 374 g/mol. The van der Waals surface area contributed by atoms with Crippen molar-refractivity contribution in [1.29, 1.82) is 0 Å². The van der Waals surface area contributed by atoms with Gasteiger partial charge in [0.05, 0.1) is 6.04 Å². The van der Waals surface area contributed by atoms with Gasteiger partial charge in [-0.25, -0.2) is 0 Å². The molecule has 0 saturated heterocycles. The highest BCUT2D eigenvalue weighted by molar-refractivity contribution is 6.30. The number of rotatable bonds is 4. The minimum absolute atomic E-state index is 0.119. The number of fused-ring (bicyclic) bond motifs is 1. The van der Waals surface area contributed by atoms with E-state index >= 15 is 0 Å². The molecule has 0 fully saturated rings. The van der Waals surface area contributed by atoms with Crippen molar-refractivity contribution in [2.45, 2.75) is 51.9 Å². The van der Waals surface area contributed by atoms with Crippen molar-refractivity contribution >= 4 is 17.5 Å². The zero-order chi connectivity index (χ0) is 18.9. The third-order valence-electron chi connectivity index (χ3n) is 4.42. The molecule has 1 aliphatic heterocycles. The van der Waals surface area contributed by atoms with E-state index in [1.165, 1.54) is 0 Å². The molecular formula is C21H24ClNO3. The van der Waals surface area contributed by atoms with Crippen LogP contribution in [0.2, 0.25) is 5.02 Å². The smallest absolute Gasteiger partial charge is 0.261 e. The molecule has 5 heteroatoms. The van der Waals surface area contributed by atoms with Crippen molar-refractivity contribution in [2.24, 2.45) is 0 Å². The molecule has 4 nitrogen and oxygen atoms in total. The number of hydrogen-bond donors (Lipinski definition) is 1. The predicted octanol–water partition coefficient (Wildman–Crippen LogP) is 4.83. The molecule has 26 heavy (non-hydrogen) atoms. The minimum Gasteiger partial charge on any atom is -0.487 e. The Kier molecular flexibility index (Phi) is 5.15. The highest BCUT2D eigenvalue weighted by Gasteiger charge is 2.35. The quantitative estimate of drug-likeness (QED) is 0.834. The van der Waals surface area contributed by atoms with Gasteiger partial charge >= 0.3 is 0 Å². The van der Waals surface area contributed by atoms with Gasteiger partial charge in [-0.1, -0.05) is 35.4 Å². The number of carbonyl (C=O) groups excluding carboxylic acids is 1. The summed E-state index contributed by atoms with van der Waals surface area (Å²) in [6, 6.07) is 13.0. The summed E-state index contributed by atoms with van der Waals surface area (Å²) in [5, 5.41) is 3.69. The number of amides is 1. The van der Waals surface area contributed by atoms with Crippen LogP contribution < -0.4 is 14.8 Å². The SMILES string of the molecule is Cc1ccc2c(c1)C(NC(=O)C(C)Oc1cccc(Cl)c1)CC(C)(C)O2. The largest absolute Gasteiger partial charge is 0.487 e. The fourth-order valence-corrected chi connectivity index (χ4v) is 3.37. The summed E-state index contributed by atoms with van der Waals surface area (Å²) in [6.07, 6.45) is 0.0618. The molecule has 2 aromatic rings. The molecule has 3 rings (SSSR count). The van der Waals surface area contributed by atoms with Crippen LogP contribution in [-0.2, 0) is 4.79 Å². The molecule has 0 aliphatic carbocycles. The van der Waals surface area contributed by atoms with Gasteiger partial charge in [0.2, 0.25) is 0 Å². The highest BCUT2D eigenvalue weighted by Crippen LogP contribution is 2.39. The van der Waals surface area contributed by atoms with Crippen molar-refractivity contribution in [3.8, 4) is 11.5 Å². The summed E-state index contributed by atoms with van der Waals surface area (Å²) in [6.45, 7) is 7.82. The second-order valence-corrected chi connectivity index (χ2v) is 7.82. The molecule has 0 bridgehead atoms. The Morgan fingerprint density at radius 1 is 1.31 bits per heavy atom. The Balaban J connectivity index is 1.75. The Labute approximate surface area is 159 Å². The zero-order valence-corrected chi connectivity index (χ0v) is 16.3. The molecule has 2 aromatic carbocycles. The lowest BCUT2D eigenvalue weighted by Crippen LogP contribution is -2.44. The van der Waals surface area contributed by atoms with Crippen molar-refractivity contribution in [3.05, 3.63) is 58.6 Å². The minimum atomic E-state index is -0.632. The highest BCUT2D eigenvalue weighted by atomic mass is 35.5. The molecule has 1 aliphatic rings. The normalized spacial score (nSPS) is 19.0. The van der Waals surface area contributed by atoms with Crippen LogP contribution in [0.25, 0.3) is 0 Å². The maximum atomic E-state index is 12.7. The Morgan fingerprint density at radius 3 is 2.81 bits per heavy atom. The van der Waals surface area contributed by atoms with Gasteiger partial charge in [0, 0.05) is 17.0 Å². The molecule has 0 spiro atoms. The van der Waals surface area contributed by atoms with Crippen LogP contribution in [0.15, 0.2) is 42.5 Å². The lowest BCUT2D eigenvalue weighted by molar-refractivity contribution is -0.128. The van der Waals surface area contributed by atoms with Gasteiger partial charge in [0.15, 0.2) is 6.10 Å². The summed E-state index contributed by atoms with van der Waals surface area (Å²) in [7, 11) is 0. The van der Waals surface area contributed by atoms with Crippen molar-refractivity contribution in [1.82, 2.24) is 5.32 Å². The second kappa shape index (κ2) is 7.20. The number of hydrogen-bond acceptors (Lipinski definition) is 3. The third kappa shape index (κ3) is 4.31. The van der Waals surface area contributed by atoms with E-state index in [4.69, 9.17) is 21.1 Å². The van der Waals surface area contributed by atoms with Crippen molar-refractivity contribution < 1.29 is 14.3 Å². The number of ether oxygens (including phenoxy) is 2. The predicted molar refractivity (Wildman–Crippen MR) is 103 cm³/mol. The first kappa shape index (κ1) is 18.6. The fraction of sp³-hybridized carbons (Fsp3) is 0.381. The lowest BCUT2D eigenvalue weighted by Gasteiger charge is -2.38. The Bertz CT molecular complexity index is 819. The van der Waals surface area contributed by atoms with Crippen LogP contribution >= 0.6 is 11.6 Å².